The van der Waals surface area contributed by atoms with E-state index in [1.165, 1.54) is 6.20 Å². The number of fused-ring (bicyclic) bond motifs is 1. The van der Waals surface area contributed by atoms with Gasteiger partial charge in [0, 0.05) is 17.1 Å². The van der Waals surface area contributed by atoms with Gasteiger partial charge in [0.2, 0.25) is 11.3 Å². The molecule has 0 unspecified atom stereocenters. The summed E-state index contributed by atoms with van der Waals surface area (Å²) in [7, 11) is 0. The third kappa shape index (κ3) is 2.92. The summed E-state index contributed by atoms with van der Waals surface area (Å²) in [6, 6.07) is 6.59. The minimum absolute atomic E-state index is 0.0216. The summed E-state index contributed by atoms with van der Waals surface area (Å²) < 4.78 is 5.16. The van der Waals surface area contributed by atoms with Crippen LogP contribution in [0.3, 0.4) is 0 Å². The summed E-state index contributed by atoms with van der Waals surface area (Å²) in [5.74, 6) is 0.367. The Balaban J connectivity index is 1.94. The predicted molar refractivity (Wildman–Crippen MR) is 88.6 cm³/mol. The number of aromatic nitrogens is 3. The number of carbonyl (C=O) groups excluding carboxylic acids is 1. The first-order chi connectivity index (χ1) is 11.5. The highest BCUT2D eigenvalue weighted by Crippen LogP contribution is 2.20. The van der Waals surface area contributed by atoms with E-state index in [1.54, 1.807) is 25.1 Å². The van der Waals surface area contributed by atoms with Crippen molar-refractivity contribution in [2.75, 3.05) is 0 Å². The molecule has 0 spiro atoms. The van der Waals surface area contributed by atoms with E-state index in [2.05, 4.69) is 20.4 Å². The van der Waals surface area contributed by atoms with Gasteiger partial charge >= 0.3 is 0 Å². The average Bonchev–Trinajstić information content (AvgIpc) is 2.98. The zero-order valence-electron chi connectivity index (χ0n) is 13.7. The molecule has 0 aliphatic carbocycles. The van der Waals surface area contributed by atoms with Crippen LogP contribution in [-0.2, 0) is 0 Å². The topological polar surface area (TPSA) is 101 Å². The quantitative estimate of drug-likeness (QED) is 0.766. The molecule has 2 N–H and O–H groups in total. The summed E-state index contributed by atoms with van der Waals surface area (Å²) >= 11 is 0. The number of rotatable bonds is 4. The molecule has 1 amide bonds. The van der Waals surface area contributed by atoms with Crippen molar-refractivity contribution in [2.45, 2.75) is 26.8 Å². The van der Waals surface area contributed by atoms with Gasteiger partial charge in [0.15, 0.2) is 5.82 Å². The van der Waals surface area contributed by atoms with E-state index < -0.39 is 11.9 Å². The van der Waals surface area contributed by atoms with Gasteiger partial charge in [-0.1, -0.05) is 31.1 Å². The van der Waals surface area contributed by atoms with Crippen LogP contribution in [0.1, 0.15) is 42.0 Å². The summed E-state index contributed by atoms with van der Waals surface area (Å²) in [4.78, 5) is 32.3. The van der Waals surface area contributed by atoms with Crippen LogP contribution in [0.2, 0.25) is 0 Å². The molecule has 2 aromatic heterocycles. The van der Waals surface area contributed by atoms with E-state index in [1.807, 2.05) is 19.9 Å². The fraction of sp³-hybridized carbons (Fsp3) is 0.294. The van der Waals surface area contributed by atoms with Gasteiger partial charge in [-0.3, -0.25) is 9.59 Å². The van der Waals surface area contributed by atoms with E-state index in [0.717, 1.165) is 0 Å². The molecule has 3 rings (SSSR count). The second-order valence-corrected chi connectivity index (χ2v) is 5.95. The van der Waals surface area contributed by atoms with Crippen molar-refractivity contribution in [2.24, 2.45) is 5.92 Å². The number of benzene rings is 1. The smallest absolute Gasteiger partial charge is 0.257 e. The number of nitrogens with zero attached hydrogens (tertiary/aromatic N) is 2. The van der Waals surface area contributed by atoms with Crippen LogP contribution in [0.5, 0.6) is 0 Å². The van der Waals surface area contributed by atoms with Gasteiger partial charge in [0.1, 0.15) is 11.6 Å². The van der Waals surface area contributed by atoms with E-state index in [-0.39, 0.29) is 16.9 Å². The fourth-order valence-electron chi connectivity index (χ4n) is 2.51. The highest BCUT2D eigenvalue weighted by Gasteiger charge is 2.25. The Bertz CT molecular complexity index is 942. The molecule has 3 aromatic rings. The maximum atomic E-state index is 12.6. The van der Waals surface area contributed by atoms with Gasteiger partial charge < -0.3 is 14.8 Å². The van der Waals surface area contributed by atoms with Crippen LogP contribution in [-0.4, -0.2) is 21.0 Å². The molecule has 0 bridgehead atoms. The number of nitrogens with one attached hydrogen (secondary N) is 2. The minimum Gasteiger partial charge on any atom is -0.360 e. The van der Waals surface area contributed by atoms with Crippen LogP contribution < -0.4 is 10.7 Å². The number of carbonyl (C=O) groups is 1. The van der Waals surface area contributed by atoms with Crippen molar-refractivity contribution in [1.29, 1.82) is 0 Å². The molecule has 0 fully saturated rings. The molecule has 1 atom stereocenters. The van der Waals surface area contributed by atoms with Crippen molar-refractivity contribution in [1.82, 2.24) is 20.4 Å². The molecule has 0 aliphatic rings. The Morgan fingerprint density at radius 3 is 2.71 bits per heavy atom. The number of hydrogen-bond acceptors (Lipinski definition) is 5. The largest absolute Gasteiger partial charge is 0.360 e. The maximum absolute atomic E-state index is 12.6. The summed E-state index contributed by atoms with van der Waals surface area (Å²) in [6.07, 6.45) is 1.43. The van der Waals surface area contributed by atoms with Gasteiger partial charge in [-0.2, -0.15) is 4.98 Å². The Labute approximate surface area is 138 Å². The van der Waals surface area contributed by atoms with Crippen LogP contribution >= 0.6 is 0 Å². The van der Waals surface area contributed by atoms with Crippen LogP contribution in [0, 0.1) is 12.8 Å². The molecule has 0 saturated heterocycles. The van der Waals surface area contributed by atoms with Gasteiger partial charge in [-0.25, -0.2) is 0 Å². The number of para-hydroxylation sites is 1. The third-order valence-electron chi connectivity index (χ3n) is 3.80. The Kier molecular flexibility index (Phi) is 4.16. The first-order valence-corrected chi connectivity index (χ1v) is 7.69. The lowest BCUT2D eigenvalue weighted by atomic mass is 10.0. The van der Waals surface area contributed by atoms with Crippen LogP contribution in [0.15, 0.2) is 39.8 Å². The number of hydrogen-bond donors (Lipinski definition) is 2. The Morgan fingerprint density at radius 1 is 1.29 bits per heavy atom. The average molecular weight is 326 g/mol. The SMILES string of the molecule is Cc1noc([C@@H](NC(=O)c2c[nH]c3ccccc3c2=O)C(C)C)n1. The summed E-state index contributed by atoms with van der Waals surface area (Å²) in [5, 5.41) is 7.04. The fourth-order valence-corrected chi connectivity index (χ4v) is 2.51. The van der Waals surface area contributed by atoms with Gasteiger partial charge in [0.25, 0.3) is 5.91 Å². The van der Waals surface area contributed by atoms with Gasteiger partial charge in [0.05, 0.1) is 0 Å². The standard InChI is InChI=1S/C17H18N4O3/c1-9(2)14(17-19-10(3)21-24-17)20-16(23)12-8-18-13-7-5-4-6-11(13)15(12)22/h4-9,14H,1-3H3,(H,18,22)(H,20,23)/t14-/m0/s1. The number of aryl methyl sites for hydroxylation is 1. The number of aromatic amines is 1. The number of amides is 1. The van der Waals surface area contributed by atoms with Gasteiger partial charge in [-0.05, 0) is 25.0 Å². The summed E-state index contributed by atoms with van der Waals surface area (Å²) in [6.45, 7) is 5.56. The summed E-state index contributed by atoms with van der Waals surface area (Å²) in [5.41, 5.74) is 0.425. The molecular formula is C17H18N4O3. The third-order valence-corrected chi connectivity index (χ3v) is 3.80. The molecule has 1 aromatic carbocycles. The van der Waals surface area contributed by atoms with Crippen molar-refractivity contribution >= 4 is 16.8 Å². The highest BCUT2D eigenvalue weighted by molar-refractivity contribution is 5.97. The first kappa shape index (κ1) is 15.9. The molecule has 0 saturated carbocycles. The zero-order valence-corrected chi connectivity index (χ0v) is 13.7. The molecule has 7 heteroatoms. The van der Waals surface area contributed by atoms with E-state index >= 15 is 0 Å². The second kappa shape index (κ2) is 6.27. The first-order valence-electron chi connectivity index (χ1n) is 7.69. The molecule has 0 radical (unpaired) electrons. The van der Waals surface area contributed by atoms with Crippen molar-refractivity contribution in [3.8, 4) is 0 Å². The molecular weight excluding hydrogens is 308 g/mol. The number of H-pyrrole nitrogens is 1. The van der Waals surface area contributed by atoms with Crippen molar-refractivity contribution in [3.05, 3.63) is 58.0 Å². The highest BCUT2D eigenvalue weighted by atomic mass is 16.5. The van der Waals surface area contributed by atoms with Crippen molar-refractivity contribution < 1.29 is 9.32 Å². The Hall–Kier alpha value is -2.96. The Morgan fingerprint density at radius 2 is 2.04 bits per heavy atom. The molecule has 0 aliphatic heterocycles. The monoisotopic (exact) mass is 326 g/mol. The van der Waals surface area contributed by atoms with Crippen molar-refractivity contribution in [3.63, 3.8) is 0 Å². The lowest BCUT2D eigenvalue weighted by Gasteiger charge is -2.18. The van der Waals surface area contributed by atoms with Crippen LogP contribution in [0.25, 0.3) is 10.9 Å². The molecule has 124 valence electrons. The normalized spacial score (nSPS) is 12.5. The lowest BCUT2D eigenvalue weighted by Crippen LogP contribution is -2.35. The predicted octanol–water partition coefficient (Wildman–Crippen LogP) is 2.35. The zero-order chi connectivity index (χ0) is 17.3. The van der Waals surface area contributed by atoms with E-state index in [9.17, 15) is 9.59 Å². The number of pyridine rings is 1. The maximum Gasteiger partial charge on any atom is 0.257 e. The minimum atomic E-state index is -0.475. The molecule has 24 heavy (non-hydrogen) atoms. The van der Waals surface area contributed by atoms with E-state index in [0.29, 0.717) is 22.6 Å². The molecule has 2 heterocycles. The second-order valence-electron chi connectivity index (χ2n) is 5.95. The lowest BCUT2D eigenvalue weighted by molar-refractivity contribution is 0.0912. The molecule has 7 nitrogen and oxygen atoms in total. The van der Waals surface area contributed by atoms with Crippen LogP contribution in [0.4, 0.5) is 0 Å². The van der Waals surface area contributed by atoms with E-state index in [4.69, 9.17) is 4.52 Å². The van der Waals surface area contributed by atoms with Gasteiger partial charge in [-0.15, -0.1) is 0 Å².